The zero-order valence-corrected chi connectivity index (χ0v) is 36.1. The predicted octanol–water partition coefficient (Wildman–Crippen LogP) is 13.0. The van der Waals surface area contributed by atoms with E-state index in [9.17, 15) is 18.7 Å². The lowest BCUT2D eigenvalue weighted by Crippen LogP contribution is -2.24. The number of allylic oxidation sites excluding steroid dienone is 1. The first-order chi connectivity index (χ1) is 30.3. The number of nitrogens with zero attached hydrogens (tertiary/aromatic N) is 2. The number of benzene rings is 8. The maximum atomic E-state index is 13.7. The molecule has 0 N–H and O–H groups in total. The minimum Gasteiger partial charge on any atom is -0.379 e. The second kappa shape index (κ2) is 18.1. The molecule has 0 saturated carbocycles. The third-order valence-corrected chi connectivity index (χ3v) is 15.6. The van der Waals surface area contributed by atoms with E-state index < -0.39 is 26.8 Å². The number of fused-ring (bicyclic) bond motifs is 1. The van der Waals surface area contributed by atoms with E-state index in [4.69, 9.17) is 4.18 Å². The molecule has 6 nitrogen and oxygen atoms in total. The molecule has 0 spiro atoms. The highest BCUT2D eigenvalue weighted by molar-refractivity contribution is 7.99. The first kappa shape index (κ1) is 40.7. The summed E-state index contributed by atoms with van der Waals surface area (Å²) >= 11 is 3.41. The molecule has 300 valence electrons. The van der Waals surface area contributed by atoms with Crippen LogP contribution in [0.2, 0.25) is 0 Å². The molecule has 0 atom stereocenters. The first-order valence-corrected chi connectivity index (χ1v) is 23.8. The van der Waals surface area contributed by atoms with Crippen LogP contribution in [0.3, 0.4) is 0 Å². The minimum atomic E-state index is -4.43. The maximum Gasteiger partial charge on any atom is 0.364 e. The molecule has 0 amide bonds. The molecule has 1 aliphatic rings. The average molecular weight is 880 g/mol. The summed E-state index contributed by atoms with van der Waals surface area (Å²) in [6.07, 6.45) is 1.04. The van der Waals surface area contributed by atoms with Gasteiger partial charge in [-0.15, -0.1) is 0 Å². The molecule has 0 radical (unpaired) electrons. The van der Waals surface area contributed by atoms with Gasteiger partial charge in [0.25, 0.3) is 5.78 Å². The fourth-order valence-electron chi connectivity index (χ4n) is 7.05. The Hall–Kier alpha value is -6.65. The molecule has 0 fully saturated rings. The van der Waals surface area contributed by atoms with Gasteiger partial charge < -0.3 is 9.71 Å². The van der Waals surface area contributed by atoms with Gasteiger partial charge in [0.15, 0.2) is 14.7 Å². The third-order valence-electron chi connectivity index (χ3n) is 10.1. The van der Waals surface area contributed by atoms with Crippen molar-refractivity contribution < 1.29 is 22.2 Å². The van der Waals surface area contributed by atoms with Gasteiger partial charge in [-0.2, -0.15) is 13.2 Å². The molecule has 1 aliphatic carbocycles. The number of hydrogen-bond donors (Lipinski definition) is 0. The minimum absolute atomic E-state index is 0.102. The molecule has 9 rings (SSSR count). The Bertz CT molecular complexity index is 2950. The van der Waals surface area contributed by atoms with Gasteiger partial charge >= 0.3 is 15.8 Å². The van der Waals surface area contributed by atoms with Crippen molar-refractivity contribution >= 4 is 60.9 Å². The molecular weight excluding hydrogens is 845 g/mol. The van der Waals surface area contributed by atoms with Crippen LogP contribution in [0.15, 0.2) is 247 Å². The molecule has 10 heteroatoms. The Kier molecular flexibility index (Phi) is 11.9. The summed E-state index contributed by atoms with van der Waals surface area (Å²) < 4.78 is 33.0. The monoisotopic (exact) mass is 879 g/mol. The van der Waals surface area contributed by atoms with Crippen molar-refractivity contribution in [3.05, 3.63) is 229 Å². The highest BCUT2D eigenvalue weighted by atomic mass is 32.2. The van der Waals surface area contributed by atoms with Gasteiger partial charge in [0.05, 0.1) is 17.0 Å². The predicted molar refractivity (Wildman–Crippen MR) is 250 cm³/mol. The number of carbonyl (C=O) groups is 1. The van der Waals surface area contributed by atoms with E-state index >= 15 is 0 Å². The van der Waals surface area contributed by atoms with Crippen LogP contribution in [0.5, 0.6) is 5.75 Å². The highest BCUT2D eigenvalue weighted by Gasteiger charge is 2.36. The largest absolute Gasteiger partial charge is 0.379 e. The molecule has 0 aliphatic heterocycles. The molecule has 0 saturated heterocycles. The number of Topliss-reactive ketones (excluding diaryl/α,β-unsaturated/α-hetero) is 1. The summed E-state index contributed by atoms with van der Waals surface area (Å²) in [5, 5.41) is 0. The summed E-state index contributed by atoms with van der Waals surface area (Å²) in [5.74, 6) is -0.475. The van der Waals surface area contributed by atoms with Crippen LogP contribution < -0.4 is 4.18 Å². The van der Waals surface area contributed by atoms with Crippen LogP contribution in [0.4, 0.5) is 0 Å². The second-order valence-electron chi connectivity index (χ2n) is 14.1. The standard InChI is InChI=1S/C52H35N2O4S4/c53-54-50-35-51(48-13-7-8-14-49(48)52(50)55)62(56,57)58-40-19-29-45(30-20-40)61(46-31-25-43(26-32-46)59-41-21-15-38(16-22-41)36-9-3-1-4-10-36)47-33-27-44(28-34-47)60-42-23-17-39(18-24-42)37-11-5-2-6-12-37/h1-35H/q+1. The fourth-order valence-corrected chi connectivity index (χ4v) is 11.9. The lowest BCUT2D eigenvalue weighted by Gasteiger charge is -2.15. The van der Waals surface area contributed by atoms with E-state index in [0.717, 1.165) is 40.3 Å². The van der Waals surface area contributed by atoms with Crippen molar-refractivity contribution in [2.45, 2.75) is 34.3 Å². The Labute approximate surface area is 372 Å². The van der Waals surface area contributed by atoms with E-state index in [0.29, 0.717) is 0 Å². The summed E-state index contributed by atoms with van der Waals surface area (Å²) in [7, 11) is -5.00. The normalized spacial score (nSPS) is 12.4. The Balaban J connectivity index is 0.980. The fraction of sp³-hybridized carbons (Fsp3) is 0. The Morgan fingerprint density at radius 3 is 1.26 bits per heavy atom. The van der Waals surface area contributed by atoms with Crippen LogP contribution in [0, 0.1) is 0 Å². The number of hydrogen-bond acceptors (Lipinski definition) is 6. The molecule has 8 aromatic carbocycles. The summed E-state index contributed by atoms with van der Waals surface area (Å²) in [6, 6.07) is 68.4. The van der Waals surface area contributed by atoms with Crippen molar-refractivity contribution in [1.82, 2.24) is 0 Å². The van der Waals surface area contributed by atoms with Crippen molar-refractivity contribution in [3.63, 3.8) is 0 Å². The van der Waals surface area contributed by atoms with Crippen LogP contribution in [0.25, 0.3) is 32.7 Å². The van der Waals surface area contributed by atoms with Crippen molar-refractivity contribution in [3.8, 4) is 28.0 Å². The van der Waals surface area contributed by atoms with Crippen LogP contribution in [-0.2, 0) is 21.0 Å². The number of carbonyl (C=O) groups excluding carboxylic acids is 1. The molecule has 62 heavy (non-hydrogen) atoms. The zero-order valence-electron chi connectivity index (χ0n) is 32.9. The molecular formula is C52H35N2O4S4+. The summed E-state index contributed by atoms with van der Waals surface area (Å²) in [6.45, 7) is 0. The Morgan fingerprint density at radius 2 is 0.823 bits per heavy atom. The Morgan fingerprint density at radius 1 is 0.452 bits per heavy atom. The molecule has 0 heterocycles. The molecule has 8 aromatic rings. The van der Waals surface area contributed by atoms with Crippen molar-refractivity contribution in [2.75, 3.05) is 0 Å². The number of ketones is 1. The summed E-state index contributed by atoms with van der Waals surface area (Å²) in [5.41, 5.74) is 14.1. The van der Waals surface area contributed by atoms with E-state index in [-0.39, 0.29) is 27.5 Å². The average Bonchev–Trinajstić information content (AvgIpc) is 3.32. The molecule has 0 aromatic heterocycles. The quantitative estimate of drug-likeness (QED) is 0.0525. The van der Waals surface area contributed by atoms with Crippen molar-refractivity contribution in [2.24, 2.45) is 0 Å². The van der Waals surface area contributed by atoms with E-state index in [1.54, 1.807) is 47.8 Å². The van der Waals surface area contributed by atoms with Gasteiger partial charge in [-0.3, -0.25) is 4.79 Å². The molecule has 0 bridgehead atoms. The van der Waals surface area contributed by atoms with Crippen LogP contribution >= 0.6 is 23.5 Å². The lowest BCUT2D eigenvalue weighted by atomic mass is 9.95. The van der Waals surface area contributed by atoms with E-state index in [1.807, 2.05) is 48.5 Å². The highest BCUT2D eigenvalue weighted by Crippen LogP contribution is 2.38. The maximum absolute atomic E-state index is 13.7. The van der Waals surface area contributed by atoms with Gasteiger partial charge in [0, 0.05) is 30.7 Å². The smallest absolute Gasteiger partial charge is 0.364 e. The van der Waals surface area contributed by atoms with E-state index in [1.165, 1.54) is 34.4 Å². The topological polar surface area (TPSA) is 96.8 Å². The van der Waals surface area contributed by atoms with Gasteiger partial charge in [0.1, 0.15) is 10.7 Å². The SMILES string of the molecule is [N-]=[N+]=C1C=C(S(=O)(=O)Oc2ccc([S+](c3ccc(Sc4ccc(-c5ccccc5)cc4)cc3)c3ccc(Sc4ccc(-c5ccccc5)cc4)cc3)cc2)c2ccccc2C1=O. The molecule has 0 unspecified atom stereocenters. The third kappa shape index (κ3) is 9.02. The van der Waals surface area contributed by atoms with Gasteiger partial charge in [-0.1, -0.05) is 133 Å². The lowest BCUT2D eigenvalue weighted by molar-refractivity contribution is -0.00437. The van der Waals surface area contributed by atoms with Crippen LogP contribution in [0.1, 0.15) is 15.9 Å². The zero-order chi connectivity index (χ0) is 42.5. The van der Waals surface area contributed by atoms with Gasteiger partial charge in [0.2, 0.25) is 0 Å². The van der Waals surface area contributed by atoms with Gasteiger partial charge in [-0.25, -0.2) is 0 Å². The second-order valence-corrected chi connectivity index (χ2v) is 19.9. The van der Waals surface area contributed by atoms with E-state index in [2.05, 4.69) is 126 Å². The van der Waals surface area contributed by atoms with Crippen molar-refractivity contribution in [1.29, 1.82) is 0 Å². The number of rotatable bonds is 12. The first-order valence-electron chi connectivity index (χ1n) is 19.5. The summed E-state index contributed by atoms with van der Waals surface area (Å²) in [4.78, 5) is 23.2. The van der Waals surface area contributed by atoms with Gasteiger partial charge in [-0.05, 0) is 119 Å². The van der Waals surface area contributed by atoms with Crippen LogP contribution in [-0.4, -0.2) is 24.7 Å².